The van der Waals surface area contributed by atoms with Gasteiger partial charge in [0.25, 0.3) is 5.91 Å². The number of amides is 1. The molecule has 2 aromatic rings. The van der Waals surface area contributed by atoms with Gasteiger partial charge in [-0.2, -0.15) is 0 Å². The zero-order valence-corrected chi connectivity index (χ0v) is 19.4. The summed E-state index contributed by atoms with van der Waals surface area (Å²) >= 11 is 1.50. The smallest absolute Gasteiger partial charge is 0.253 e. The molecule has 3 aliphatic rings. The fourth-order valence-corrected chi connectivity index (χ4v) is 8.38. The van der Waals surface area contributed by atoms with Crippen LogP contribution in [0.25, 0.3) is 0 Å². The molecule has 168 valence electrons. The molecule has 5 rings (SSSR count). The summed E-state index contributed by atoms with van der Waals surface area (Å²) in [5.74, 6) is 1.06. The number of hydrogen-bond donors (Lipinski definition) is 1. The van der Waals surface area contributed by atoms with E-state index in [1.165, 1.54) is 17.3 Å². The van der Waals surface area contributed by atoms with Crippen LogP contribution >= 0.6 is 11.8 Å². The molecule has 0 aliphatic carbocycles. The molecule has 0 aromatic heterocycles. The number of likely N-dealkylation sites (tertiary alicyclic amines) is 1. The number of piperidine rings is 1. The zero-order chi connectivity index (χ0) is 22.1. The summed E-state index contributed by atoms with van der Waals surface area (Å²) in [6, 6.07) is 17.9. The first kappa shape index (κ1) is 21.5. The Morgan fingerprint density at radius 3 is 2.44 bits per heavy atom. The van der Waals surface area contributed by atoms with Gasteiger partial charge >= 0.3 is 0 Å². The highest BCUT2D eigenvalue weighted by Crippen LogP contribution is 2.34. The van der Waals surface area contributed by atoms with Crippen LogP contribution in [0.4, 0.5) is 5.69 Å². The average molecular weight is 470 g/mol. The van der Waals surface area contributed by atoms with E-state index in [1.54, 1.807) is 0 Å². The van der Waals surface area contributed by atoms with Crippen LogP contribution in [0.1, 0.15) is 28.8 Å². The molecule has 3 aliphatic heterocycles. The predicted octanol–water partition coefficient (Wildman–Crippen LogP) is 3.46. The Bertz CT molecular complexity index is 1110. The summed E-state index contributed by atoms with van der Waals surface area (Å²) in [6.07, 6.45) is 3.16. The van der Waals surface area contributed by atoms with Crippen LogP contribution < -0.4 is 5.32 Å². The standard InChI is InChI=1S/C24H27N3O3S2/c28-23(27-12-10-18(11-13-27)14-17-4-2-1-3-5-17)19-6-8-20(9-7-19)25-24-26-21-15-32(29,30)16-22(21)31-24/h1-9,18,21-22H,10-16H2,(H,25,26)/t21-,22-/m0/s1. The number of nitrogens with one attached hydrogen (secondary N) is 1. The maximum Gasteiger partial charge on any atom is 0.253 e. The molecule has 3 heterocycles. The van der Waals surface area contributed by atoms with E-state index < -0.39 is 9.84 Å². The van der Waals surface area contributed by atoms with E-state index in [0.29, 0.717) is 11.5 Å². The summed E-state index contributed by atoms with van der Waals surface area (Å²) in [5.41, 5.74) is 2.92. The molecular formula is C24H27N3O3S2. The van der Waals surface area contributed by atoms with Crippen molar-refractivity contribution in [3.8, 4) is 0 Å². The van der Waals surface area contributed by atoms with Crippen LogP contribution in [0.15, 0.2) is 59.6 Å². The van der Waals surface area contributed by atoms with Gasteiger partial charge < -0.3 is 10.2 Å². The number of sulfone groups is 1. The van der Waals surface area contributed by atoms with Gasteiger partial charge in [0.15, 0.2) is 15.0 Å². The van der Waals surface area contributed by atoms with Gasteiger partial charge in [0, 0.05) is 29.6 Å². The molecular weight excluding hydrogens is 442 g/mol. The Morgan fingerprint density at radius 2 is 1.75 bits per heavy atom. The summed E-state index contributed by atoms with van der Waals surface area (Å²) < 4.78 is 23.4. The van der Waals surface area contributed by atoms with Crippen LogP contribution in [0.2, 0.25) is 0 Å². The van der Waals surface area contributed by atoms with Crippen molar-refractivity contribution < 1.29 is 13.2 Å². The maximum atomic E-state index is 12.9. The number of anilines is 1. The first-order valence-corrected chi connectivity index (χ1v) is 13.8. The Balaban J connectivity index is 1.13. The van der Waals surface area contributed by atoms with Gasteiger partial charge in [-0.1, -0.05) is 42.1 Å². The van der Waals surface area contributed by atoms with E-state index in [1.807, 2.05) is 35.2 Å². The summed E-state index contributed by atoms with van der Waals surface area (Å²) in [7, 11) is -2.95. The minimum atomic E-state index is -2.95. The van der Waals surface area contributed by atoms with Crippen molar-refractivity contribution in [1.29, 1.82) is 0 Å². The predicted molar refractivity (Wildman–Crippen MR) is 130 cm³/mol. The van der Waals surface area contributed by atoms with E-state index in [9.17, 15) is 13.2 Å². The second kappa shape index (κ2) is 8.90. The summed E-state index contributed by atoms with van der Waals surface area (Å²) in [6.45, 7) is 1.60. The van der Waals surface area contributed by atoms with Gasteiger partial charge in [0.05, 0.1) is 17.5 Å². The second-order valence-corrected chi connectivity index (χ2v) is 12.2. The number of rotatable bonds is 4. The van der Waals surface area contributed by atoms with Crippen molar-refractivity contribution >= 4 is 38.4 Å². The summed E-state index contributed by atoms with van der Waals surface area (Å²) in [4.78, 5) is 19.4. The zero-order valence-electron chi connectivity index (χ0n) is 17.8. The number of amidine groups is 1. The Kier molecular flexibility index (Phi) is 5.99. The molecule has 0 unspecified atom stereocenters. The number of nitrogens with zero attached hydrogens (tertiary/aromatic N) is 2. The molecule has 0 spiro atoms. The van der Waals surface area contributed by atoms with Gasteiger partial charge in [-0.05, 0) is 55.0 Å². The van der Waals surface area contributed by atoms with Gasteiger partial charge in [0.2, 0.25) is 0 Å². The number of benzene rings is 2. The maximum absolute atomic E-state index is 12.9. The van der Waals surface area contributed by atoms with Crippen molar-refractivity contribution in [3.63, 3.8) is 0 Å². The van der Waals surface area contributed by atoms with Crippen LogP contribution in [-0.2, 0) is 16.3 Å². The second-order valence-electron chi connectivity index (χ2n) is 8.86. The van der Waals surface area contributed by atoms with Crippen molar-refractivity contribution in [1.82, 2.24) is 4.90 Å². The van der Waals surface area contributed by atoms with Gasteiger partial charge in [0.1, 0.15) is 0 Å². The number of aliphatic imine (C=N–C) groups is 1. The van der Waals surface area contributed by atoms with E-state index in [2.05, 4.69) is 34.6 Å². The van der Waals surface area contributed by atoms with E-state index in [-0.39, 0.29) is 28.7 Å². The van der Waals surface area contributed by atoms with E-state index >= 15 is 0 Å². The van der Waals surface area contributed by atoms with Gasteiger partial charge in [-0.3, -0.25) is 9.79 Å². The highest BCUT2D eigenvalue weighted by Gasteiger charge is 2.42. The number of thioether (sulfide) groups is 1. The van der Waals surface area contributed by atoms with Crippen LogP contribution in [-0.4, -0.2) is 60.3 Å². The van der Waals surface area contributed by atoms with Crippen molar-refractivity contribution in [2.45, 2.75) is 30.6 Å². The third-order valence-electron chi connectivity index (χ3n) is 6.47. The van der Waals surface area contributed by atoms with Crippen molar-refractivity contribution in [2.75, 3.05) is 29.9 Å². The van der Waals surface area contributed by atoms with E-state index in [4.69, 9.17) is 0 Å². The Hall–Kier alpha value is -2.32. The fraction of sp³-hybridized carbons (Fsp3) is 0.417. The minimum absolute atomic E-state index is 0.0215. The highest BCUT2D eigenvalue weighted by atomic mass is 32.2. The Labute approximate surface area is 193 Å². The molecule has 2 aromatic carbocycles. The van der Waals surface area contributed by atoms with Gasteiger partial charge in [-0.15, -0.1) is 0 Å². The number of carbonyl (C=O) groups excluding carboxylic acids is 1. The largest absolute Gasteiger partial charge is 0.339 e. The van der Waals surface area contributed by atoms with E-state index in [0.717, 1.165) is 43.2 Å². The normalized spacial score (nSPS) is 24.8. The number of fused-ring (bicyclic) bond motifs is 1. The first-order chi connectivity index (χ1) is 15.4. The molecule has 1 amide bonds. The molecule has 0 bridgehead atoms. The molecule has 8 heteroatoms. The third-order valence-corrected chi connectivity index (χ3v) is 9.61. The monoisotopic (exact) mass is 469 g/mol. The molecule has 2 atom stereocenters. The molecule has 32 heavy (non-hydrogen) atoms. The summed E-state index contributed by atoms with van der Waals surface area (Å²) in [5, 5.41) is 4.04. The minimum Gasteiger partial charge on any atom is -0.339 e. The molecule has 1 N–H and O–H groups in total. The molecule has 2 saturated heterocycles. The van der Waals surface area contributed by atoms with Crippen LogP contribution in [0.5, 0.6) is 0 Å². The van der Waals surface area contributed by atoms with Crippen LogP contribution in [0.3, 0.4) is 0 Å². The highest BCUT2D eigenvalue weighted by molar-refractivity contribution is 8.15. The Morgan fingerprint density at radius 1 is 1.03 bits per heavy atom. The topological polar surface area (TPSA) is 78.8 Å². The van der Waals surface area contributed by atoms with Gasteiger partial charge in [-0.25, -0.2) is 8.42 Å². The molecule has 2 fully saturated rings. The molecule has 0 saturated carbocycles. The van der Waals surface area contributed by atoms with Crippen molar-refractivity contribution in [3.05, 3.63) is 65.7 Å². The lowest BCUT2D eigenvalue weighted by atomic mass is 9.90. The third kappa shape index (κ3) is 4.86. The van der Waals surface area contributed by atoms with Crippen molar-refractivity contribution in [2.24, 2.45) is 10.9 Å². The molecule has 0 radical (unpaired) electrons. The lowest BCUT2D eigenvalue weighted by Crippen LogP contribution is -2.38. The fourth-order valence-electron chi connectivity index (χ4n) is 4.71. The van der Waals surface area contributed by atoms with Crippen LogP contribution in [0, 0.1) is 5.92 Å². The SMILES string of the molecule is O=C(c1ccc(NC2=N[C@H]3CS(=O)(=O)C[C@@H]3S2)cc1)N1CCC(Cc2ccccc2)CC1. The molecule has 6 nitrogen and oxygen atoms in total. The number of carbonyl (C=O) groups is 1. The first-order valence-electron chi connectivity index (χ1n) is 11.1. The lowest BCUT2D eigenvalue weighted by Gasteiger charge is -2.32. The average Bonchev–Trinajstić information content (AvgIpc) is 3.27. The quantitative estimate of drug-likeness (QED) is 0.742. The lowest BCUT2D eigenvalue weighted by molar-refractivity contribution is 0.0690. The number of hydrogen-bond acceptors (Lipinski definition) is 6.